The first-order valence-electron chi connectivity index (χ1n) is 4.25. The van der Waals surface area contributed by atoms with Crippen molar-refractivity contribution in [2.45, 2.75) is 25.4 Å². The average molecular weight is 141 g/mol. The van der Waals surface area contributed by atoms with Crippen LogP contribution in [0, 0.1) is 11.8 Å². The summed E-state index contributed by atoms with van der Waals surface area (Å²) >= 11 is 0. The van der Waals surface area contributed by atoms with Crippen LogP contribution in [0.1, 0.15) is 19.3 Å². The van der Waals surface area contributed by atoms with Crippen molar-refractivity contribution < 1.29 is 5.11 Å². The number of hydrogen-bond donors (Lipinski definition) is 2. The molecule has 2 rings (SSSR count). The van der Waals surface area contributed by atoms with Gasteiger partial charge in [-0.15, -0.1) is 0 Å². The number of β-amino-alcohol motifs (C(OH)–C–C–N with tert-alkyl or cyclic N) is 1. The lowest BCUT2D eigenvalue weighted by atomic mass is 9.99. The highest BCUT2D eigenvalue weighted by Crippen LogP contribution is 2.36. The van der Waals surface area contributed by atoms with E-state index < -0.39 is 0 Å². The van der Waals surface area contributed by atoms with Gasteiger partial charge in [-0.3, -0.25) is 0 Å². The van der Waals surface area contributed by atoms with Gasteiger partial charge in [-0.25, -0.2) is 0 Å². The number of aliphatic hydroxyl groups is 1. The van der Waals surface area contributed by atoms with Crippen molar-refractivity contribution in [3.8, 4) is 0 Å². The number of rotatable bonds is 2. The van der Waals surface area contributed by atoms with Gasteiger partial charge in [0.15, 0.2) is 0 Å². The zero-order valence-corrected chi connectivity index (χ0v) is 6.21. The first kappa shape index (κ1) is 6.62. The lowest BCUT2D eigenvalue weighted by Gasteiger charge is -2.11. The van der Waals surface area contributed by atoms with Crippen LogP contribution < -0.4 is 5.32 Å². The van der Waals surface area contributed by atoms with Crippen molar-refractivity contribution in [2.75, 3.05) is 13.1 Å². The SMILES string of the molecule is OC1CNCC1CC1CC1. The molecule has 0 aromatic carbocycles. The molecule has 2 fully saturated rings. The molecule has 2 aliphatic rings. The van der Waals surface area contributed by atoms with Gasteiger partial charge in [0.2, 0.25) is 0 Å². The summed E-state index contributed by atoms with van der Waals surface area (Å²) in [5.41, 5.74) is 0. The fraction of sp³-hybridized carbons (Fsp3) is 1.00. The van der Waals surface area contributed by atoms with Crippen LogP contribution in [0.2, 0.25) is 0 Å². The number of hydrogen-bond acceptors (Lipinski definition) is 2. The van der Waals surface area contributed by atoms with Crippen LogP contribution in [0.3, 0.4) is 0 Å². The minimum atomic E-state index is -0.0550. The Balaban J connectivity index is 1.79. The van der Waals surface area contributed by atoms with Crippen molar-refractivity contribution in [3.63, 3.8) is 0 Å². The molecule has 2 heteroatoms. The lowest BCUT2D eigenvalue weighted by Crippen LogP contribution is -2.18. The molecule has 1 saturated carbocycles. The van der Waals surface area contributed by atoms with Crippen molar-refractivity contribution in [2.24, 2.45) is 11.8 Å². The molecule has 0 bridgehead atoms. The van der Waals surface area contributed by atoms with E-state index in [2.05, 4.69) is 5.32 Å². The standard InChI is InChI=1S/C8H15NO/c10-8-5-9-4-7(8)3-6-1-2-6/h6-10H,1-5H2. The quantitative estimate of drug-likeness (QED) is 0.582. The summed E-state index contributed by atoms with van der Waals surface area (Å²) in [5, 5.41) is 12.6. The maximum Gasteiger partial charge on any atom is 0.0704 e. The Morgan fingerprint density at radius 1 is 1.30 bits per heavy atom. The van der Waals surface area contributed by atoms with E-state index in [1.54, 1.807) is 0 Å². The van der Waals surface area contributed by atoms with Crippen LogP contribution >= 0.6 is 0 Å². The van der Waals surface area contributed by atoms with Crippen LogP contribution in [0.15, 0.2) is 0 Å². The van der Waals surface area contributed by atoms with Gasteiger partial charge >= 0.3 is 0 Å². The van der Waals surface area contributed by atoms with Crippen LogP contribution in [-0.4, -0.2) is 24.3 Å². The third kappa shape index (κ3) is 1.32. The summed E-state index contributed by atoms with van der Waals surface area (Å²) in [6.07, 6.45) is 4.02. The van der Waals surface area contributed by atoms with E-state index in [1.807, 2.05) is 0 Å². The Labute approximate surface area is 61.6 Å². The van der Waals surface area contributed by atoms with Gasteiger partial charge in [-0.05, 0) is 18.3 Å². The predicted molar refractivity (Wildman–Crippen MR) is 39.7 cm³/mol. The van der Waals surface area contributed by atoms with Crippen LogP contribution in [0.4, 0.5) is 0 Å². The van der Waals surface area contributed by atoms with Gasteiger partial charge in [0.05, 0.1) is 6.10 Å². The van der Waals surface area contributed by atoms with Gasteiger partial charge in [-0.2, -0.15) is 0 Å². The van der Waals surface area contributed by atoms with Crippen LogP contribution in [0.5, 0.6) is 0 Å². The monoisotopic (exact) mass is 141 g/mol. The molecule has 0 aromatic heterocycles. The Bertz CT molecular complexity index is 122. The van der Waals surface area contributed by atoms with E-state index in [-0.39, 0.29) is 6.10 Å². The van der Waals surface area contributed by atoms with Crippen molar-refractivity contribution in [1.82, 2.24) is 5.32 Å². The highest BCUT2D eigenvalue weighted by Gasteiger charge is 2.31. The van der Waals surface area contributed by atoms with Gasteiger partial charge in [0.1, 0.15) is 0 Å². The molecule has 2 nitrogen and oxygen atoms in total. The van der Waals surface area contributed by atoms with Gasteiger partial charge in [0.25, 0.3) is 0 Å². The zero-order chi connectivity index (χ0) is 6.97. The Hall–Kier alpha value is -0.0800. The van der Waals surface area contributed by atoms with Crippen LogP contribution in [-0.2, 0) is 0 Å². The average Bonchev–Trinajstić information content (AvgIpc) is 2.62. The fourth-order valence-electron chi connectivity index (χ4n) is 1.74. The molecule has 0 spiro atoms. The van der Waals surface area contributed by atoms with Crippen molar-refractivity contribution in [1.29, 1.82) is 0 Å². The summed E-state index contributed by atoms with van der Waals surface area (Å²) in [6, 6.07) is 0. The molecule has 1 saturated heterocycles. The maximum atomic E-state index is 9.40. The molecule has 2 atom stereocenters. The molecule has 0 amide bonds. The molecule has 1 aliphatic carbocycles. The Morgan fingerprint density at radius 3 is 2.60 bits per heavy atom. The van der Waals surface area contributed by atoms with E-state index in [4.69, 9.17) is 0 Å². The molecule has 58 valence electrons. The second-order valence-electron chi connectivity index (χ2n) is 3.66. The highest BCUT2D eigenvalue weighted by atomic mass is 16.3. The summed E-state index contributed by atoms with van der Waals surface area (Å²) in [6.45, 7) is 1.86. The van der Waals surface area contributed by atoms with E-state index in [0.717, 1.165) is 19.0 Å². The third-order valence-electron chi connectivity index (χ3n) is 2.64. The van der Waals surface area contributed by atoms with E-state index in [0.29, 0.717) is 5.92 Å². The Kier molecular flexibility index (Phi) is 1.66. The second-order valence-corrected chi connectivity index (χ2v) is 3.66. The first-order chi connectivity index (χ1) is 4.86. The first-order valence-corrected chi connectivity index (χ1v) is 4.25. The summed E-state index contributed by atoms with van der Waals surface area (Å²) in [5.74, 6) is 1.52. The third-order valence-corrected chi connectivity index (χ3v) is 2.64. The summed E-state index contributed by atoms with van der Waals surface area (Å²) in [4.78, 5) is 0. The highest BCUT2D eigenvalue weighted by molar-refractivity contribution is 4.85. The molecule has 2 unspecified atom stereocenters. The number of aliphatic hydroxyl groups excluding tert-OH is 1. The minimum Gasteiger partial charge on any atom is -0.391 e. The maximum absolute atomic E-state index is 9.40. The van der Waals surface area contributed by atoms with Crippen LogP contribution in [0.25, 0.3) is 0 Å². The van der Waals surface area contributed by atoms with E-state index >= 15 is 0 Å². The molecular formula is C8H15NO. The van der Waals surface area contributed by atoms with Gasteiger partial charge in [-0.1, -0.05) is 12.8 Å². The lowest BCUT2D eigenvalue weighted by molar-refractivity contribution is 0.140. The van der Waals surface area contributed by atoms with Gasteiger partial charge < -0.3 is 10.4 Å². The molecule has 10 heavy (non-hydrogen) atoms. The number of nitrogens with one attached hydrogen (secondary N) is 1. The normalized spacial score (nSPS) is 40.5. The predicted octanol–water partition coefficient (Wildman–Crippen LogP) is 0.367. The smallest absolute Gasteiger partial charge is 0.0704 e. The fourth-order valence-corrected chi connectivity index (χ4v) is 1.74. The van der Waals surface area contributed by atoms with Crippen molar-refractivity contribution in [3.05, 3.63) is 0 Å². The van der Waals surface area contributed by atoms with Crippen molar-refractivity contribution >= 4 is 0 Å². The molecule has 0 radical (unpaired) electrons. The molecule has 1 heterocycles. The zero-order valence-electron chi connectivity index (χ0n) is 6.21. The van der Waals surface area contributed by atoms with Gasteiger partial charge in [0, 0.05) is 13.1 Å². The van der Waals surface area contributed by atoms with E-state index in [9.17, 15) is 5.11 Å². The largest absolute Gasteiger partial charge is 0.391 e. The topological polar surface area (TPSA) is 32.3 Å². The molecule has 0 aromatic rings. The molecule has 1 aliphatic heterocycles. The summed E-state index contributed by atoms with van der Waals surface area (Å²) < 4.78 is 0. The molecular weight excluding hydrogens is 126 g/mol. The minimum absolute atomic E-state index is 0.0550. The second kappa shape index (κ2) is 2.51. The summed E-state index contributed by atoms with van der Waals surface area (Å²) in [7, 11) is 0. The Morgan fingerprint density at radius 2 is 2.10 bits per heavy atom. The van der Waals surface area contributed by atoms with E-state index in [1.165, 1.54) is 19.3 Å². The molecule has 2 N–H and O–H groups in total.